The van der Waals surface area contributed by atoms with Crippen molar-refractivity contribution >= 4 is 0 Å². The molecule has 2 radical (unpaired) electrons. The molecule has 42 valence electrons. The number of rotatable bonds is 2. The molecule has 0 rings (SSSR count). The van der Waals surface area contributed by atoms with Gasteiger partial charge in [-0.3, -0.25) is 0 Å². The van der Waals surface area contributed by atoms with Crippen molar-refractivity contribution in [2.75, 3.05) is 0 Å². The Morgan fingerprint density at radius 3 is 2.14 bits per heavy atom. The van der Waals surface area contributed by atoms with E-state index < -0.39 is 6.10 Å². The van der Waals surface area contributed by atoms with Gasteiger partial charge in [0.15, 0.2) is 0 Å². The fourth-order valence-corrected chi connectivity index (χ4v) is 0.263. The van der Waals surface area contributed by atoms with E-state index in [4.69, 9.17) is 0 Å². The highest BCUT2D eigenvalue weighted by molar-refractivity contribution is 4.62. The topological polar surface area (TPSA) is 19.9 Å². The summed E-state index contributed by atoms with van der Waals surface area (Å²) in [6.07, 6.45) is 0.308. The van der Waals surface area contributed by atoms with E-state index in [0.29, 0.717) is 0 Å². The molecule has 0 aromatic carbocycles. The Kier molecular flexibility index (Phi) is 3.01. The summed E-state index contributed by atoms with van der Waals surface area (Å²) in [5.41, 5.74) is 0. The van der Waals surface area contributed by atoms with Crippen LogP contribution in [0.25, 0.3) is 0 Å². The van der Waals surface area contributed by atoms with Crippen molar-refractivity contribution in [3.05, 3.63) is 6.92 Å². The molecule has 0 saturated heterocycles. The minimum Gasteiger partial charge on any atom is -0.233 e. The van der Waals surface area contributed by atoms with Crippen LogP contribution in [0.5, 0.6) is 0 Å². The molecule has 0 N–H and O–H groups in total. The molecule has 0 aliphatic rings. The van der Waals surface area contributed by atoms with E-state index in [1.165, 1.54) is 0 Å². The highest BCUT2D eigenvalue weighted by Gasteiger charge is 2.05. The standard InChI is InChI=1S/C6H12O/c1-4-5(2)6(3)7/h5-6H,3-4H2,1-2H3. The molecule has 1 nitrogen and oxygen atoms in total. The Bertz CT molecular complexity index is 41.4. The molecular weight excluding hydrogens is 88.1 g/mol. The number of hydrogen-bond donors (Lipinski definition) is 0. The van der Waals surface area contributed by atoms with E-state index >= 15 is 0 Å². The van der Waals surface area contributed by atoms with E-state index in [0.717, 1.165) is 6.42 Å². The third-order valence-electron chi connectivity index (χ3n) is 1.28. The zero-order valence-electron chi connectivity index (χ0n) is 4.98. The van der Waals surface area contributed by atoms with Gasteiger partial charge in [-0.2, -0.15) is 0 Å². The summed E-state index contributed by atoms with van der Waals surface area (Å²) < 4.78 is 0. The molecule has 0 fully saturated rings. The van der Waals surface area contributed by atoms with Crippen molar-refractivity contribution in [2.24, 2.45) is 5.92 Å². The summed E-state index contributed by atoms with van der Waals surface area (Å²) in [6, 6.07) is 0. The summed E-state index contributed by atoms with van der Waals surface area (Å²) in [7, 11) is 0. The van der Waals surface area contributed by atoms with Crippen LogP contribution in [0, 0.1) is 12.8 Å². The zero-order valence-corrected chi connectivity index (χ0v) is 4.98. The van der Waals surface area contributed by atoms with Crippen LogP contribution in [0.15, 0.2) is 0 Å². The molecule has 0 heterocycles. The lowest BCUT2D eigenvalue weighted by molar-refractivity contribution is 0.0791. The maximum absolute atomic E-state index is 10.3. The molecule has 0 aliphatic heterocycles. The molecule has 0 saturated carbocycles. The van der Waals surface area contributed by atoms with Crippen molar-refractivity contribution in [1.82, 2.24) is 0 Å². The Hall–Kier alpha value is -0.0400. The van der Waals surface area contributed by atoms with E-state index in [2.05, 4.69) is 6.92 Å². The van der Waals surface area contributed by atoms with E-state index in [-0.39, 0.29) is 5.92 Å². The smallest absolute Gasteiger partial charge is 0.0956 e. The second-order valence-corrected chi connectivity index (χ2v) is 1.92. The molecule has 2 atom stereocenters. The van der Waals surface area contributed by atoms with Gasteiger partial charge < -0.3 is 0 Å². The van der Waals surface area contributed by atoms with Gasteiger partial charge in [0.2, 0.25) is 0 Å². The quantitative estimate of drug-likeness (QED) is 0.503. The first-order valence-corrected chi connectivity index (χ1v) is 2.67. The Balaban J connectivity index is 3.14. The lowest BCUT2D eigenvalue weighted by Gasteiger charge is -2.06. The van der Waals surface area contributed by atoms with Crippen LogP contribution >= 0.6 is 0 Å². The summed E-state index contributed by atoms with van der Waals surface area (Å²) >= 11 is 0. The largest absolute Gasteiger partial charge is 0.233 e. The van der Waals surface area contributed by atoms with Crippen LogP contribution < -0.4 is 0 Å². The van der Waals surface area contributed by atoms with Gasteiger partial charge in [0.05, 0.1) is 6.10 Å². The van der Waals surface area contributed by atoms with E-state index in [1.54, 1.807) is 0 Å². The van der Waals surface area contributed by atoms with Crippen LogP contribution in [-0.2, 0) is 5.11 Å². The first-order valence-electron chi connectivity index (χ1n) is 2.67. The van der Waals surface area contributed by atoms with Gasteiger partial charge in [0, 0.05) is 0 Å². The fourth-order valence-electron chi connectivity index (χ4n) is 0.263. The molecule has 0 aromatic rings. The summed E-state index contributed by atoms with van der Waals surface area (Å²) in [5, 5.41) is 10.3. The number of hydrogen-bond acceptors (Lipinski definition) is 0. The minimum atomic E-state index is -0.634. The van der Waals surface area contributed by atoms with Crippen molar-refractivity contribution in [3.8, 4) is 0 Å². The maximum atomic E-state index is 10.3. The average Bonchev–Trinajstić information content (AvgIpc) is 1.65. The molecule has 1 heteroatoms. The van der Waals surface area contributed by atoms with Gasteiger partial charge in [0.1, 0.15) is 0 Å². The second kappa shape index (κ2) is 3.03. The van der Waals surface area contributed by atoms with Gasteiger partial charge in [-0.25, -0.2) is 5.11 Å². The molecule has 0 spiro atoms. The molecule has 2 unspecified atom stereocenters. The van der Waals surface area contributed by atoms with Crippen LogP contribution in [0.3, 0.4) is 0 Å². The average molecular weight is 100 g/mol. The van der Waals surface area contributed by atoms with Crippen molar-refractivity contribution in [1.29, 1.82) is 0 Å². The van der Waals surface area contributed by atoms with Gasteiger partial charge in [-0.15, -0.1) is 0 Å². The molecule has 7 heavy (non-hydrogen) atoms. The Morgan fingerprint density at radius 2 is 2.14 bits per heavy atom. The normalized spacial score (nSPS) is 18.9. The minimum absolute atomic E-state index is 0.236. The van der Waals surface area contributed by atoms with Crippen LogP contribution in [-0.4, -0.2) is 6.10 Å². The SMILES string of the molecule is [CH2]C([O])C(C)CC. The summed E-state index contributed by atoms with van der Waals surface area (Å²) in [5.74, 6) is 0.236. The third-order valence-corrected chi connectivity index (χ3v) is 1.28. The molecule has 0 aromatic heterocycles. The lowest BCUT2D eigenvalue weighted by Crippen LogP contribution is -2.09. The van der Waals surface area contributed by atoms with Crippen LogP contribution in [0.1, 0.15) is 20.3 Å². The molecule has 0 bridgehead atoms. The van der Waals surface area contributed by atoms with Gasteiger partial charge in [-0.05, 0) is 12.8 Å². The highest BCUT2D eigenvalue weighted by Crippen LogP contribution is 2.04. The Morgan fingerprint density at radius 1 is 1.71 bits per heavy atom. The fraction of sp³-hybridized carbons (Fsp3) is 0.833. The van der Waals surface area contributed by atoms with E-state index in [9.17, 15) is 5.11 Å². The summed E-state index contributed by atoms with van der Waals surface area (Å²) in [6.45, 7) is 7.28. The van der Waals surface area contributed by atoms with E-state index in [1.807, 2.05) is 13.8 Å². The van der Waals surface area contributed by atoms with Crippen molar-refractivity contribution in [3.63, 3.8) is 0 Å². The van der Waals surface area contributed by atoms with Crippen molar-refractivity contribution in [2.45, 2.75) is 26.4 Å². The lowest BCUT2D eigenvalue weighted by atomic mass is 10.0. The molecule has 0 amide bonds. The second-order valence-electron chi connectivity index (χ2n) is 1.92. The van der Waals surface area contributed by atoms with Crippen LogP contribution in [0.2, 0.25) is 0 Å². The first kappa shape index (κ1) is 6.96. The van der Waals surface area contributed by atoms with Gasteiger partial charge in [0.25, 0.3) is 0 Å². The predicted octanol–water partition coefficient (Wildman–Crippen LogP) is 1.67. The van der Waals surface area contributed by atoms with Gasteiger partial charge in [-0.1, -0.05) is 20.3 Å². The third kappa shape index (κ3) is 2.63. The zero-order chi connectivity index (χ0) is 5.86. The highest BCUT2D eigenvalue weighted by atomic mass is 16.3. The first-order chi connectivity index (χ1) is 3.18. The summed E-state index contributed by atoms with van der Waals surface area (Å²) in [4.78, 5) is 0. The molecule has 0 aliphatic carbocycles. The van der Waals surface area contributed by atoms with Crippen LogP contribution in [0.4, 0.5) is 0 Å². The monoisotopic (exact) mass is 100 g/mol. The maximum Gasteiger partial charge on any atom is 0.0956 e. The predicted molar refractivity (Wildman–Crippen MR) is 29.3 cm³/mol. The molecular formula is C6H12O. The van der Waals surface area contributed by atoms with Gasteiger partial charge >= 0.3 is 0 Å². The Labute approximate surface area is 45.4 Å². The van der Waals surface area contributed by atoms with Crippen molar-refractivity contribution < 1.29 is 5.11 Å².